The molecule has 2 N–H and O–H groups in total. The summed E-state index contributed by atoms with van der Waals surface area (Å²) in [7, 11) is 0. The third-order valence-corrected chi connectivity index (χ3v) is 5.73. The molecule has 1 aromatic rings. The number of rotatable bonds is 2. The number of aliphatic hydroxyl groups excluding tert-OH is 1. The number of carbonyl (C=O) groups is 1. The number of piperidine rings is 1. The van der Waals surface area contributed by atoms with Crippen LogP contribution in [-0.4, -0.2) is 60.0 Å². The smallest absolute Gasteiger partial charge is 0.409 e. The first-order valence-electron chi connectivity index (χ1n) is 9.77. The molecule has 1 aromatic carbocycles. The summed E-state index contributed by atoms with van der Waals surface area (Å²) in [6.45, 7) is 4.54. The summed E-state index contributed by atoms with van der Waals surface area (Å²) in [6.07, 6.45) is 4.43. The molecule has 1 amide bonds. The average Bonchev–Trinajstić information content (AvgIpc) is 3.03. The standard InChI is InChI=1S/C21H27N3O3/c1-2-27-21(26)23-10-7-16(8-11-23)19-18-6-4-3-5-15(18)9-12-24-17(14-25)13-22-20(19)24/h3-6,13,20,22,25H,2,7-12,14H2,1H3. The Labute approximate surface area is 160 Å². The van der Waals surface area contributed by atoms with Gasteiger partial charge < -0.3 is 25.0 Å². The van der Waals surface area contributed by atoms with Gasteiger partial charge in [0.1, 0.15) is 6.17 Å². The average molecular weight is 369 g/mol. The van der Waals surface area contributed by atoms with Gasteiger partial charge in [-0.1, -0.05) is 29.8 Å². The van der Waals surface area contributed by atoms with E-state index in [1.54, 1.807) is 4.90 Å². The predicted octanol–water partition coefficient (Wildman–Crippen LogP) is 2.31. The zero-order chi connectivity index (χ0) is 18.8. The maximum absolute atomic E-state index is 12.0. The van der Waals surface area contributed by atoms with E-state index in [0.717, 1.165) is 31.5 Å². The SMILES string of the molecule is CCOC(=O)N1CCC(=C2c3ccccc3CCN3C(CO)=CNC23)CC1. The number of hydrogen-bond acceptors (Lipinski definition) is 5. The highest BCUT2D eigenvalue weighted by Gasteiger charge is 2.35. The third-order valence-electron chi connectivity index (χ3n) is 5.73. The molecule has 0 bridgehead atoms. The first-order chi connectivity index (χ1) is 13.2. The van der Waals surface area contributed by atoms with Gasteiger partial charge in [0.15, 0.2) is 0 Å². The number of carbonyl (C=O) groups excluding carboxylic acids is 1. The Morgan fingerprint density at radius 1 is 1.22 bits per heavy atom. The summed E-state index contributed by atoms with van der Waals surface area (Å²) >= 11 is 0. The molecule has 0 saturated carbocycles. The fourth-order valence-electron chi connectivity index (χ4n) is 4.38. The zero-order valence-corrected chi connectivity index (χ0v) is 15.8. The molecule has 144 valence electrons. The monoisotopic (exact) mass is 369 g/mol. The maximum atomic E-state index is 12.0. The Hall–Kier alpha value is -2.47. The van der Waals surface area contributed by atoms with Crippen molar-refractivity contribution in [2.45, 2.75) is 32.4 Å². The Balaban J connectivity index is 1.66. The van der Waals surface area contributed by atoms with Crippen LogP contribution in [0, 0.1) is 0 Å². The summed E-state index contributed by atoms with van der Waals surface area (Å²) in [5.74, 6) is 0. The summed E-state index contributed by atoms with van der Waals surface area (Å²) in [5.41, 5.74) is 6.28. The molecule has 27 heavy (non-hydrogen) atoms. The van der Waals surface area contributed by atoms with Gasteiger partial charge in [-0.05, 0) is 37.3 Å². The van der Waals surface area contributed by atoms with E-state index >= 15 is 0 Å². The summed E-state index contributed by atoms with van der Waals surface area (Å²) < 4.78 is 5.15. The largest absolute Gasteiger partial charge is 0.450 e. The van der Waals surface area contributed by atoms with Gasteiger partial charge in [-0.3, -0.25) is 0 Å². The van der Waals surface area contributed by atoms with Crippen molar-refractivity contribution in [3.05, 3.63) is 52.9 Å². The lowest BCUT2D eigenvalue weighted by molar-refractivity contribution is 0.104. The fourth-order valence-corrected chi connectivity index (χ4v) is 4.38. The second-order valence-electron chi connectivity index (χ2n) is 7.17. The molecule has 3 aliphatic rings. The Bertz CT molecular complexity index is 777. The molecule has 6 heteroatoms. The summed E-state index contributed by atoms with van der Waals surface area (Å²) in [4.78, 5) is 16.1. The first-order valence-corrected chi connectivity index (χ1v) is 9.77. The van der Waals surface area contributed by atoms with Crippen molar-refractivity contribution in [1.29, 1.82) is 0 Å². The molecule has 3 heterocycles. The summed E-state index contributed by atoms with van der Waals surface area (Å²) in [6, 6.07) is 8.60. The van der Waals surface area contributed by atoms with Crippen LogP contribution in [0.3, 0.4) is 0 Å². The van der Waals surface area contributed by atoms with E-state index in [0.29, 0.717) is 19.7 Å². The molecule has 1 unspecified atom stereocenters. The van der Waals surface area contributed by atoms with E-state index in [-0.39, 0.29) is 18.9 Å². The van der Waals surface area contributed by atoms with Gasteiger partial charge in [0.05, 0.1) is 18.9 Å². The number of likely N-dealkylation sites (tertiary alicyclic amines) is 1. The van der Waals surface area contributed by atoms with Gasteiger partial charge in [-0.2, -0.15) is 0 Å². The number of nitrogens with zero attached hydrogens (tertiary/aromatic N) is 2. The van der Waals surface area contributed by atoms with Gasteiger partial charge >= 0.3 is 6.09 Å². The van der Waals surface area contributed by atoms with E-state index in [1.165, 1.54) is 22.3 Å². The number of ether oxygens (including phenoxy) is 1. The van der Waals surface area contributed by atoms with E-state index in [2.05, 4.69) is 34.5 Å². The van der Waals surface area contributed by atoms with Crippen molar-refractivity contribution in [2.75, 3.05) is 32.8 Å². The molecular weight excluding hydrogens is 342 g/mol. The van der Waals surface area contributed by atoms with Gasteiger partial charge in [-0.15, -0.1) is 0 Å². The summed E-state index contributed by atoms with van der Waals surface area (Å²) in [5, 5.41) is 13.2. The molecule has 0 spiro atoms. The van der Waals surface area contributed by atoms with E-state index in [9.17, 15) is 9.90 Å². The third kappa shape index (κ3) is 3.30. The van der Waals surface area contributed by atoms with Crippen molar-refractivity contribution in [2.24, 2.45) is 0 Å². The second kappa shape index (κ2) is 7.64. The highest BCUT2D eigenvalue weighted by atomic mass is 16.6. The number of nitrogens with one attached hydrogen (secondary N) is 1. The van der Waals surface area contributed by atoms with Crippen LogP contribution in [0.2, 0.25) is 0 Å². The number of amides is 1. The predicted molar refractivity (Wildman–Crippen MR) is 104 cm³/mol. The van der Waals surface area contributed by atoms with Crippen LogP contribution in [0.1, 0.15) is 30.9 Å². The highest BCUT2D eigenvalue weighted by molar-refractivity contribution is 5.77. The molecule has 0 aromatic heterocycles. The molecule has 0 radical (unpaired) electrons. The molecule has 0 aliphatic carbocycles. The van der Waals surface area contributed by atoms with E-state index in [1.807, 2.05) is 13.1 Å². The topological polar surface area (TPSA) is 65.0 Å². The Kier molecular flexibility index (Phi) is 5.07. The zero-order valence-electron chi connectivity index (χ0n) is 15.8. The molecular formula is C21H27N3O3. The van der Waals surface area contributed by atoms with Crippen LogP contribution >= 0.6 is 0 Å². The lowest BCUT2D eigenvalue weighted by Crippen LogP contribution is -2.41. The molecule has 1 fully saturated rings. The maximum Gasteiger partial charge on any atom is 0.409 e. The molecule has 1 atom stereocenters. The fraction of sp³-hybridized carbons (Fsp3) is 0.476. The van der Waals surface area contributed by atoms with Crippen LogP contribution < -0.4 is 5.32 Å². The highest BCUT2D eigenvalue weighted by Crippen LogP contribution is 2.37. The lowest BCUT2D eigenvalue weighted by Gasteiger charge is -2.33. The molecule has 6 nitrogen and oxygen atoms in total. The van der Waals surface area contributed by atoms with Crippen LogP contribution in [0.25, 0.3) is 5.57 Å². The number of aliphatic hydroxyl groups is 1. The molecule has 1 saturated heterocycles. The Morgan fingerprint density at radius 3 is 2.74 bits per heavy atom. The van der Waals surface area contributed by atoms with Crippen molar-refractivity contribution in [3.8, 4) is 0 Å². The van der Waals surface area contributed by atoms with Gasteiger partial charge in [0.25, 0.3) is 0 Å². The van der Waals surface area contributed by atoms with Crippen LogP contribution in [0.5, 0.6) is 0 Å². The van der Waals surface area contributed by atoms with Crippen molar-refractivity contribution in [3.63, 3.8) is 0 Å². The lowest BCUT2D eigenvalue weighted by atomic mass is 9.89. The van der Waals surface area contributed by atoms with Crippen LogP contribution in [0.4, 0.5) is 4.79 Å². The van der Waals surface area contributed by atoms with E-state index < -0.39 is 0 Å². The molecule has 3 aliphatic heterocycles. The Morgan fingerprint density at radius 2 is 2.00 bits per heavy atom. The van der Waals surface area contributed by atoms with Crippen LogP contribution in [-0.2, 0) is 11.2 Å². The van der Waals surface area contributed by atoms with Crippen molar-refractivity contribution < 1.29 is 14.6 Å². The van der Waals surface area contributed by atoms with Crippen molar-refractivity contribution >= 4 is 11.7 Å². The minimum Gasteiger partial charge on any atom is -0.450 e. The van der Waals surface area contributed by atoms with Gasteiger partial charge in [0.2, 0.25) is 0 Å². The van der Waals surface area contributed by atoms with Gasteiger partial charge in [0, 0.05) is 31.4 Å². The number of hydrogen-bond donors (Lipinski definition) is 2. The van der Waals surface area contributed by atoms with Crippen molar-refractivity contribution in [1.82, 2.24) is 15.1 Å². The quantitative estimate of drug-likeness (QED) is 0.838. The number of fused-ring (bicyclic) bond motifs is 2. The van der Waals surface area contributed by atoms with Gasteiger partial charge in [-0.25, -0.2) is 4.79 Å². The second-order valence-corrected chi connectivity index (χ2v) is 7.17. The molecule has 4 rings (SSSR count). The van der Waals surface area contributed by atoms with E-state index in [4.69, 9.17) is 4.74 Å². The van der Waals surface area contributed by atoms with Crippen LogP contribution in [0.15, 0.2) is 41.7 Å². The normalized spacial score (nSPS) is 21.9. The first kappa shape index (κ1) is 17.9. The minimum atomic E-state index is -0.215. The number of benzene rings is 1. The minimum absolute atomic E-state index is 0.0408.